The molecule has 0 saturated heterocycles. The number of hydrogen-bond donors (Lipinski definition) is 1. The third-order valence-corrected chi connectivity index (χ3v) is 2.38. The molecule has 0 amide bonds. The average Bonchev–Trinajstić information content (AvgIpc) is 2.31. The molecule has 1 unspecified atom stereocenters. The Morgan fingerprint density at radius 2 is 2.40 bits per heavy atom. The van der Waals surface area contributed by atoms with Crippen molar-refractivity contribution in [2.75, 3.05) is 6.54 Å². The maximum atomic E-state index is 4.30. The van der Waals surface area contributed by atoms with Gasteiger partial charge in [-0.1, -0.05) is 19.1 Å². The number of pyridine rings is 1. The molecule has 0 radical (unpaired) electrons. The highest BCUT2D eigenvalue weighted by Crippen LogP contribution is 2.02. The topological polar surface area (TPSA) is 24.9 Å². The van der Waals surface area contributed by atoms with E-state index in [1.807, 2.05) is 24.4 Å². The molecule has 15 heavy (non-hydrogen) atoms. The molecule has 2 nitrogen and oxygen atoms in total. The van der Waals surface area contributed by atoms with Crippen LogP contribution in [0.3, 0.4) is 0 Å². The zero-order chi connectivity index (χ0) is 10.9. The number of aryl methyl sites for hydroxylation is 1. The molecule has 1 N–H and O–H groups in total. The summed E-state index contributed by atoms with van der Waals surface area (Å²) in [6.07, 6.45) is 7.07. The van der Waals surface area contributed by atoms with Crippen LogP contribution in [0.25, 0.3) is 0 Å². The first-order valence-corrected chi connectivity index (χ1v) is 5.62. The van der Waals surface area contributed by atoms with Crippen molar-refractivity contribution in [3.63, 3.8) is 0 Å². The second kappa shape index (κ2) is 7.18. The number of hydrogen-bond acceptors (Lipinski definition) is 2. The summed E-state index contributed by atoms with van der Waals surface area (Å²) in [5, 5.41) is 3.44. The molecule has 0 aliphatic heterocycles. The SMILES string of the molecule is C=CC(CCc1ccccn1)NCCC. The van der Waals surface area contributed by atoms with Crippen molar-refractivity contribution in [3.05, 3.63) is 42.7 Å². The molecule has 0 spiro atoms. The van der Waals surface area contributed by atoms with E-state index in [2.05, 4.69) is 29.9 Å². The minimum absolute atomic E-state index is 0.409. The van der Waals surface area contributed by atoms with E-state index < -0.39 is 0 Å². The van der Waals surface area contributed by atoms with Crippen molar-refractivity contribution in [1.82, 2.24) is 10.3 Å². The van der Waals surface area contributed by atoms with Crippen LogP contribution in [0.2, 0.25) is 0 Å². The molecular weight excluding hydrogens is 184 g/mol. The standard InChI is InChI=1S/C13H20N2/c1-3-10-14-12(4-2)8-9-13-7-5-6-11-15-13/h4-7,11-12,14H,2-3,8-10H2,1H3. The Kier molecular flexibility index (Phi) is 5.71. The lowest BCUT2D eigenvalue weighted by atomic mass is 10.1. The van der Waals surface area contributed by atoms with Crippen molar-refractivity contribution in [2.45, 2.75) is 32.2 Å². The first-order chi connectivity index (χ1) is 7.36. The van der Waals surface area contributed by atoms with Gasteiger partial charge >= 0.3 is 0 Å². The van der Waals surface area contributed by atoms with Crippen molar-refractivity contribution in [3.8, 4) is 0 Å². The van der Waals surface area contributed by atoms with Crippen LogP contribution in [0.5, 0.6) is 0 Å². The lowest BCUT2D eigenvalue weighted by Gasteiger charge is -2.13. The lowest BCUT2D eigenvalue weighted by molar-refractivity contribution is 0.551. The molecule has 1 atom stereocenters. The van der Waals surface area contributed by atoms with Crippen LogP contribution in [-0.2, 0) is 6.42 Å². The summed E-state index contributed by atoms with van der Waals surface area (Å²) in [5.74, 6) is 0. The predicted octanol–water partition coefficient (Wildman–Crippen LogP) is 2.57. The van der Waals surface area contributed by atoms with Gasteiger partial charge in [-0.15, -0.1) is 6.58 Å². The van der Waals surface area contributed by atoms with Gasteiger partial charge in [0.15, 0.2) is 0 Å². The Labute approximate surface area is 92.4 Å². The van der Waals surface area contributed by atoms with Crippen molar-refractivity contribution < 1.29 is 0 Å². The Balaban J connectivity index is 2.31. The molecule has 0 bridgehead atoms. The predicted molar refractivity (Wildman–Crippen MR) is 64.8 cm³/mol. The first-order valence-electron chi connectivity index (χ1n) is 5.62. The fourth-order valence-corrected chi connectivity index (χ4v) is 1.48. The van der Waals surface area contributed by atoms with Crippen LogP contribution < -0.4 is 5.32 Å². The molecule has 1 aromatic heterocycles. The van der Waals surface area contributed by atoms with Crippen LogP contribution in [0.1, 0.15) is 25.5 Å². The summed E-state index contributed by atoms with van der Waals surface area (Å²) < 4.78 is 0. The van der Waals surface area contributed by atoms with Gasteiger partial charge in [0.05, 0.1) is 0 Å². The van der Waals surface area contributed by atoms with Gasteiger partial charge < -0.3 is 5.32 Å². The minimum Gasteiger partial charge on any atom is -0.311 e. The van der Waals surface area contributed by atoms with E-state index in [4.69, 9.17) is 0 Å². The maximum absolute atomic E-state index is 4.30. The number of aromatic nitrogens is 1. The van der Waals surface area contributed by atoms with Crippen LogP contribution >= 0.6 is 0 Å². The van der Waals surface area contributed by atoms with Crippen molar-refractivity contribution >= 4 is 0 Å². The van der Waals surface area contributed by atoms with E-state index >= 15 is 0 Å². The van der Waals surface area contributed by atoms with Gasteiger partial charge in [-0.05, 0) is 37.9 Å². The second-order valence-corrected chi connectivity index (χ2v) is 3.66. The maximum Gasteiger partial charge on any atom is 0.0404 e. The minimum atomic E-state index is 0.409. The van der Waals surface area contributed by atoms with Crippen LogP contribution in [0.4, 0.5) is 0 Å². The molecule has 82 valence electrons. The highest BCUT2D eigenvalue weighted by atomic mass is 14.9. The fraction of sp³-hybridized carbons (Fsp3) is 0.462. The Morgan fingerprint density at radius 1 is 1.53 bits per heavy atom. The summed E-state index contributed by atoms with van der Waals surface area (Å²) in [6, 6.07) is 6.46. The van der Waals surface area contributed by atoms with E-state index in [1.165, 1.54) is 0 Å². The molecule has 1 rings (SSSR count). The summed E-state index contributed by atoms with van der Waals surface area (Å²) in [7, 11) is 0. The Bertz CT molecular complexity index is 269. The summed E-state index contributed by atoms with van der Waals surface area (Å²) in [4.78, 5) is 4.30. The number of rotatable bonds is 7. The van der Waals surface area contributed by atoms with Gasteiger partial charge in [-0.2, -0.15) is 0 Å². The summed E-state index contributed by atoms with van der Waals surface area (Å²) in [6.45, 7) is 7.07. The Morgan fingerprint density at radius 3 is 3.00 bits per heavy atom. The van der Waals surface area contributed by atoms with Gasteiger partial charge in [0.2, 0.25) is 0 Å². The molecule has 1 aromatic rings. The highest BCUT2D eigenvalue weighted by molar-refractivity contribution is 5.04. The van der Waals surface area contributed by atoms with E-state index in [0.29, 0.717) is 6.04 Å². The quantitative estimate of drug-likeness (QED) is 0.690. The summed E-state index contributed by atoms with van der Waals surface area (Å²) >= 11 is 0. The fourth-order valence-electron chi connectivity index (χ4n) is 1.48. The zero-order valence-electron chi connectivity index (χ0n) is 9.45. The normalized spacial score (nSPS) is 12.3. The molecular formula is C13H20N2. The van der Waals surface area contributed by atoms with E-state index in [1.54, 1.807) is 0 Å². The monoisotopic (exact) mass is 204 g/mol. The third kappa shape index (κ3) is 4.75. The molecule has 1 heterocycles. The van der Waals surface area contributed by atoms with Crippen LogP contribution in [0.15, 0.2) is 37.1 Å². The molecule has 2 heteroatoms. The molecule has 0 aliphatic carbocycles. The zero-order valence-corrected chi connectivity index (χ0v) is 9.45. The van der Waals surface area contributed by atoms with Crippen LogP contribution in [-0.4, -0.2) is 17.6 Å². The van der Waals surface area contributed by atoms with Crippen molar-refractivity contribution in [2.24, 2.45) is 0 Å². The lowest BCUT2D eigenvalue weighted by Crippen LogP contribution is -2.28. The second-order valence-electron chi connectivity index (χ2n) is 3.66. The van der Waals surface area contributed by atoms with Crippen LogP contribution in [0, 0.1) is 0 Å². The Hall–Kier alpha value is -1.15. The van der Waals surface area contributed by atoms with E-state index in [9.17, 15) is 0 Å². The first kappa shape index (κ1) is 11.9. The van der Waals surface area contributed by atoms with Gasteiger partial charge in [0.25, 0.3) is 0 Å². The van der Waals surface area contributed by atoms with Gasteiger partial charge in [0.1, 0.15) is 0 Å². The number of nitrogens with zero attached hydrogens (tertiary/aromatic N) is 1. The third-order valence-electron chi connectivity index (χ3n) is 2.38. The van der Waals surface area contributed by atoms with Crippen molar-refractivity contribution in [1.29, 1.82) is 0 Å². The van der Waals surface area contributed by atoms with Gasteiger partial charge in [0, 0.05) is 17.9 Å². The molecule has 0 saturated carbocycles. The number of nitrogens with one attached hydrogen (secondary N) is 1. The largest absolute Gasteiger partial charge is 0.311 e. The summed E-state index contributed by atoms with van der Waals surface area (Å²) in [5.41, 5.74) is 1.16. The van der Waals surface area contributed by atoms with Gasteiger partial charge in [-0.3, -0.25) is 4.98 Å². The highest BCUT2D eigenvalue weighted by Gasteiger charge is 2.03. The van der Waals surface area contributed by atoms with E-state index in [0.717, 1.165) is 31.5 Å². The van der Waals surface area contributed by atoms with Gasteiger partial charge in [-0.25, -0.2) is 0 Å². The molecule has 0 aliphatic rings. The molecule has 0 fully saturated rings. The van der Waals surface area contributed by atoms with E-state index in [-0.39, 0.29) is 0 Å². The smallest absolute Gasteiger partial charge is 0.0404 e. The molecule has 0 aromatic carbocycles. The average molecular weight is 204 g/mol.